The lowest BCUT2D eigenvalue weighted by Gasteiger charge is -2.15. The van der Waals surface area contributed by atoms with Gasteiger partial charge in [0, 0.05) is 22.0 Å². The summed E-state index contributed by atoms with van der Waals surface area (Å²) in [5.41, 5.74) is 3.02. The number of rotatable bonds is 6. The molecule has 4 rings (SSSR count). The molecule has 0 fully saturated rings. The normalized spacial score (nSPS) is 13.5. The van der Waals surface area contributed by atoms with Crippen LogP contribution < -0.4 is 15.5 Å². The molecule has 0 saturated heterocycles. The van der Waals surface area contributed by atoms with Crippen molar-refractivity contribution in [1.82, 2.24) is 0 Å². The van der Waals surface area contributed by atoms with Crippen molar-refractivity contribution in [3.63, 3.8) is 0 Å². The maximum Gasteiger partial charge on any atom is 0.283 e. The van der Waals surface area contributed by atoms with Crippen molar-refractivity contribution in [2.45, 2.75) is 13.3 Å². The molecule has 33 heavy (non-hydrogen) atoms. The highest BCUT2D eigenvalue weighted by molar-refractivity contribution is 6.53. The summed E-state index contributed by atoms with van der Waals surface area (Å²) in [5, 5.41) is 5.99. The second-order valence-corrected chi connectivity index (χ2v) is 8.14. The first-order chi connectivity index (χ1) is 15.9. The minimum Gasteiger partial charge on any atom is -0.350 e. The van der Waals surface area contributed by atoms with Gasteiger partial charge in [0.05, 0.1) is 5.69 Å². The Kier molecular flexibility index (Phi) is 6.49. The van der Waals surface area contributed by atoms with E-state index in [2.05, 4.69) is 10.6 Å². The zero-order chi connectivity index (χ0) is 23.5. The zero-order valence-corrected chi connectivity index (χ0v) is 19.1. The number of nitrogens with one attached hydrogen (secondary N) is 2. The number of amides is 3. The molecule has 0 bridgehead atoms. The van der Waals surface area contributed by atoms with Crippen LogP contribution in [0.15, 0.2) is 83.5 Å². The number of halogens is 2. The Balaban J connectivity index is 1.47. The standard InChI is InChI=1S/C25H19Cl2N3O3/c1-2-15-6-12-20(13-7-15)30-24(32)21(27)22(25(30)33)28-18-10-8-16(9-11-18)23(31)29-19-5-3-4-17(26)14-19/h3-14,28H,2H2,1H3,(H,29,31). The lowest BCUT2D eigenvalue weighted by molar-refractivity contribution is -0.120. The van der Waals surface area contributed by atoms with E-state index in [-0.39, 0.29) is 16.6 Å². The molecule has 0 unspecified atom stereocenters. The predicted molar refractivity (Wildman–Crippen MR) is 131 cm³/mol. The van der Waals surface area contributed by atoms with Crippen LogP contribution in [0.2, 0.25) is 5.02 Å². The van der Waals surface area contributed by atoms with Crippen LogP contribution in [-0.4, -0.2) is 17.7 Å². The highest BCUT2D eigenvalue weighted by atomic mass is 35.5. The molecular weight excluding hydrogens is 461 g/mol. The molecule has 3 amide bonds. The van der Waals surface area contributed by atoms with Crippen molar-refractivity contribution in [3.8, 4) is 0 Å². The average Bonchev–Trinajstić information content (AvgIpc) is 3.02. The summed E-state index contributed by atoms with van der Waals surface area (Å²) in [5.74, 6) is -1.45. The molecule has 0 aromatic heterocycles. The summed E-state index contributed by atoms with van der Waals surface area (Å²) < 4.78 is 0. The molecule has 1 heterocycles. The SMILES string of the molecule is CCc1ccc(N2C(=O)C(Cl)=C(Nc3ccc(C(=O)Nc4cccc(Cl)c4)cc3)C2=O)cc1. The minimum atomic E-state index is -0.592. The van der Waals surface area contributed by atoms with E-state index in [9.17, 15) is 14.4 Å². The maximum atomic E-state index is 12.9. The fourth-order valence-corrected chi connectivity index (χ4v) is 3.75. The Morgan fingerprint density at radius 1 is 0.879 bits per heavy atom. The molecule has 0 aliphatic carbocycles. The molecule has 166 valence electrons. The molecule has 2 N–H and O–H groups in total. The Labute approximate surface area is 200 Å². The molecule has 3 aromatic carbocycles. The molecule has 8 heteroatoms. The summed E-state index contributed by atoms with van der Waals surface area (Å²) in [6.45, 7) is 2.02. The van der Waals surface area contributed by atoms with Crippen molar-refractivity contribution in [3.05, 3.63) is 99.7 Å². The van der Waals surface area contributed by atoms with Gasteiger partial charge in [-0.2, -0.15) is 0 Å². The van der Waals surface area contributed by atoms with Crippen molar-refractivity contribution >= 4 is 58.0 Å². The van der Waals surface area contributed by atoms with Crippen LogP contribution >= 0.6 is 23.2 Å². The Bertz CT molecular complexity index is 1270. The number of imide groups is 1. The number of nitrogens with zero attached hydrogens (tertiary/aromatic N) is 1. The van der Waals surface area contributed by atoms with E-state index in [1.165, 1.54) is 0 Å². The van der Waals surface area contributed by atoms with Crippen LogP contribution in [0.4, 0.5) is 17.1 Å². The van der Waals surface area contributed by atoms with E-state index in [0.717, 1.165) is 16.9 Å². The van der Waals surface area contributed by atoms with Crippen molar-refractivity contribution in [2.24, 2.45) is 0 Å². The largest absolute Gasteiger partial charge is 0.350 e. The van der Waals surface area contributed by atoms with Gasteiger partial charge in [-0.15, -0.1) is 0 Å². The summed E-state index contributed by atoms with van der Waals surface area (Å²) >= 11 is 12.1. The van der Waals surface area contributed by atoms with Gasteiger partial charge >= 0.3 is 0 Å². The number of anilines is 3. The fourth-order valence-electron chi connectivity index (χ4n) is 3.35. The van der Waals surface area contributed by atoms with Gasteiger partial charge in [-0.1, -0.05) is 48.3 Å². The summed E-state index contributed by atoms with van der Waals surface area (Å²) in [6, 6.07) is 20.4. The summed E-state index contributed by atoms with van der Waals surface area (Å²) in [6.07, 6.45) is 0.848. The van der Waals surface area contributed by atoms with Gasteiger partial charge in [-0.3, -0.25) is 14.4 Å². The summed E-state index contributed by atoms with van der Waals surface area (Å²) in [4.78, 5) is 39.0. The number of hydrogen-bond donors (Lipinski definition) is 2. The van der Waals surface area contributed by atoms with Gasteiger partial charge in [-0.05, 0) is 66.6 Å². The third-order valence-electron chi connectivity index (χ3n) is 5.13. The van der Waals surface area contributed by atoms with E-state index in [0.29, 0.717) is 27.6 Å². The quantitative estimate of drug-likeness (QED) is 0.451. The topological polar surface area (TPSA) is 78.5 Å². The van der Waals surface area contributed by atoms with Crippen molar-refractivity contribution in [1.29, 1.82) is 0 Å². The molecule has 0 radical (unpaired) electrons. The third-order valence-corrected chi connectivity index (χ3v) is 5.71. The van der Waals surface area contributed by atoms with E-state index in [1.54, 1.807) is 60.7 Å². The predicted octanol–water partition coefficient (Wildman–Crippen LogP) is 5.59. The van der Waals surface area contributed by atoms with Gasteiger partial charge in [0.25, 0.3) is 17.7 Å². The van der Waals surface area contributed by atoms with E-state index >= 15 is 0 Å². The van der Waals surface area contributed by atoms with Crippen LogP contribution in [0.1, 0.15) is 22.8 Å². The first-order valence-electron chi connectivity index (χ1n) is 10.2. The number of carbonyl (C=O) groups excluding carboxylic acids is 3. The highest BCUT2D eigenvalue weighted by Crippen LogP contribution is 2.30. The number of carbonyl (C=O) groups is 3. The molecule has 0 spiro atoms. The second-order valence-electron chi connectivity index (χ2n) is 7.32. The Hall–Kier alpha value is -3.61. The van der Waals surface area contributed by atoms with Crippen LogP contribution in [0, 0.1) is 0 Å². The summed E-state index contributed by atoms with van der Waals surface area (Å²) in [7, 11) is 0. The molecule has 0 saturated carbocycles. The average molecular weight is 480 g/mol. The highest BCUT2D eigenvalue weighted by Gasteiger charge is 2.38. The van der Waals surface area contributed by atoms with Gasteiger partial charge in [0.15, 0.2) is 0 Å². The molecule has 6 nitrogen and oxygen atoms in total. The lowest BCUT2D eigenvalue weighted by atomic mass is 10.1. The first-order valence-corrected chi connectivity index (χ1v) is 10.9. The van der Waals surface area contributed by atoms with Crippen LogP contribution in [0.3, 0.4) is 0 Å². The molecule has 1 aliphatic heterocycles. The van der Waals surface area contributed by atoms with E-state index in [1.807, 2.05) is 19.1 Å². The molecule has 0 atom stereocenters. The Morgan fingerprint density at radius 3 is 2.21 bits per heavy atom. The van der Waals surface area contributed by atoms with Crippen LogP contribution in [0.25, 0.3) is 0 Å². The van der Waals surface area contributed by atoms with Gasteiger partial charge < -0.3 is 10.6 Å². The number of aryl methyl sites for hydroxylation is 1. The van der Waals surface area contributed by atoms with Gasteiger partial charge in [0.2, 0.25) is 0 Å². The van der Waals surface area contributed by atoms with E-state index in [4.69, 9.17) is 23.2 Å². The van der Waals surface area contributed by atoms with Crippen molar-refractivity contribution < 1.29 is 14.4 Å². The smallest absolute Gasteiger partial charge is 0.283 e. The lowest BCUT2D eigenvalue weighted by Crippen LogP contribution is -2.32. The maximum absolute atomic E-state index is 12.9. The molecule has 3 aromatic rings. The minimum absolute atomic E-state index is 0.0163. The monoisotopic (exact) mass is 479 g/mol. The van der Waals surface area contributed by atoms with Crippen molar-refractivity contribution in [2.75, 3.05) is 15.5 Å². The molecule has 1 aliphatic rings. The van der Waals surface area contributed by atoms with E-state index < -0.39 is 11.8 Å². The van der Waals surface area contributed by atoms with Crippen LogP contribution in [-0.2, 0) is 16.0 Å². The third kappa shape index (κ3) is 4.77. The molecular formula is C25H19Cl2N3O3. The fraction of sp³-hybridized carbons (Fsp3) is 0.0800. The van der Waals surface area contributed by atoms with Gasteiger partial charge in [0.1, 0.15) is 10.7 Å². The second kappa shape index (κ2) is 9.48. The number of benzene rings is 3. The van der Waals surface area contributed by atoms with Crippen LogP contribution in [0.5, 0.6) is 0 Å². The van der Waals surface area contributed by atoms with Gasteiger partial charge in [-0.25, -0.2) is 4.90 Å². The Morgan fingerprint density at radius 2 is 1.58 bits per heavy atom. The number of hydrogen-bond acceptors (Lipinski definition) is 4. The first kappa shape index (κ1) is 22.6. The zero-order valence-electron chi connectivity index (χ0n) is 17.6.